The second-order valence-electron chi connectivity index (χ2n) is 18.6. The van der Waals surface area contributed by atoms with Crippen LogP contribution in [-0.4, -0.2) is 0 Å². The van der Waals surface area contributed by atoms with E-state index in [0.29, 0.717) is 0 Å². The second-order valence-corrected chi connectivity index (χ2v) is 18.6. The van der Waals surface area contributed by atoms with Crippen molar-refractivity contribution in [1.29, 1.82) is 0 Å². The van der Waals surface area contributed by atoms with E-state index < -0.39 is 0 Å². The minimum Gasteiger partial charge on any atom is -0.0622 e. The zero-order valence-electron chi connectivity index (χ0n) is 37.1. The molecule has 0 aliphatic heterocycles. The van der Waals surface area contributed by atoms with Crippen molar-refractivity contribution >= 4 is 43.1 Å². The Morgan fingerprint density at radius 1 is 0.147 bits per heavy atom. The van der Waals surface area contributed by atoms with Crippen molar-refractivity contribution in [3.63, 3.8) is 0 Å². The van der Waals surface area contributed by atoms with Gasteiger partial charge in [-0.2, -0.15) is 0 Å². The lowest BCUT2D eigenvalue weighted by atomic mass is 9.82. The maximum atomic E-state index is 2.56. The molecule has 0 N–H and O–H groups in total. The molecule has 2 aliphatic carbocycles. The fraction of sp³-hybridized carbons (Fsp3) is 0. The van der Waals surface area contributed by atoms with Crippen LogP contribution in [0.2, 0.25) is 0 Å². The van der Waals surface area contributed by atoms with E-state index in [1.54, 1.807) is 0 Å². The summed E-state index contributed by atoms with van der Waals surface area (Å²) in [6, 6.07) is 90.6. The largest absolute Gasteiger partial charge is 0.0622 e. The zero-order valence-corrected chi connectivity index (χ0v) is 37.1. The maximum absolute atomic E-state index is 2.56. The lowest BCUT2D eigenvalue weighted by Crippen LogP contribution is -1.92. The highest BCUT2D eigenvalue weighted by molar-refractivity contribution is 6.43. The Morgan fingerprint density at radius 3 is 0.868 bits per heavy atom. The standard InChI is InChI=1S/C68H40/c1-6-16-41(17-7-1)42-26-28-47(29-27-42)58-40-59-63-51(46-24-14-5-15-25-46)33-32-50(45-22-12-4-13-23-45)62(63)56-37-35-53-52-34-36-54-60-48(43-18-8-2-9-19-43)30-31-49(44-20-10-3-11-21-44)61(60)55-38-39-57(64(52)65(54)55)66(58)68(53)67(56)59/h1-40H. The van der Waals surface area contributed by atoms with Gasteiger partial charge in [0.2, 0.25) is 0 Å². The molecule has 0 heterocycles. The maximum Gasteiger partial charge on any atom is -0.000761 e. The summed E-state index contributed by atoms with van der Waals surface area (Å²) in [6.07, 6.45) is 0. The minimum atomic E-state index is 1.22. The van der Waals surface area contributed by atoms with E-state index in [0.717, 1.165) is 0 Å². The third-order valence-electron chi connectivity index (χ3n) is 15.1. The molecule has 312 valence electrons. The smallest absolute Gasteiger partial charge is 0.000761 e. The van der Waals surface area contributed by atoms with Crippen LogP contribution in [0, 0.1) is 0 Å². The molecular formula is C68H40. The molecule has 0 unspecified atom stereocenters. The zero-order chi connectivity index (χ0) is 44.5. The Labute approximate surface area is 395 Å². The number of benzene rings is 13. The van der Waals surface area contributed by atoms with Gasteiger partial charge in [-0.25, -0.2) is 0 Å². The summed E-state index contributed by atoms with van der Waals surface area (Å²) in [5, 5.41) is 10.6. The molecule has 0 aromatic heterocycles. The molecule has 13 aromatic rings. The summed E-state index contributed by atoms with van der Waals surface area (Å²) in [5.74, 6) is 0. The Bertz CT molecular complexity index is 4100. The normalized spacial score (nSPS) is 12.1. The molecular weight excluding hydrogens is 817 g/mol. The van der Waals surface area contributed by atoms with Gasteiger partial charge in [0.25, 0.3) is 0 Å². The predicted octanol–water partition coefficient (Wildman–Crippen LogP) is 19.0. The van der Waals surface area contributed by atoms with Crippen LogP contribution >= 0.6 is 0 Å². The first-order chi connectivity index (χ1) is 33.8. The van der Waals surface area contributed by atoms with Crippen LogP contribution in [0.25, 0.3) is 154 Å². The van der Waals surface area contributed by atoms with Gasteiger partial charge in [0.15, 0.2) is 0 Å². The second kappa shape index (κ2) is 14.3. The SMILES string of the molecule is c1ccc(-c2ccc(-c3cc4c5c(ccc6c7ccc8c9c(ccc(c3c56)c97)-c3c(-c5ccccc5)ccc(-c5ccccc5)c3-8)-c3c(-c5ccccc5)ccc(-c5ccccc5)c3-4)cc2)cc1. The molecule has 0 nitrogen and oxygen atoms in total. The number of hydrogen-bond donors (Lipinski definition) is 0. The average molecular weight is 857 g/mol. The summed E-state index contributed by atoms with van der Waals surface area (Å²) in [5.41, 5.74) is 25.4. The van der Waals surface area contributed by atoms with Crippen molar-refractivity contribution in [2.24, 2.45) is 0 Å². The van der Waals surface area contributed by atoms with E-state index in [4.69, 9.17) is 0 Å². The molecule has 0 atom stereocenters. The number of rotatable bonds is 6. The third-order valence-corrected chi connectivity index (χ3v) is 15.1. The molecule has 0 amide bonds. The number of hydrogen-bond acceptors (Lipinski definition) is 0. The van der Waals surface area contributed by atoms with Gasteiger partial charge in [-0.15, -0.1) is 0 Å². The topological polar surface area (TPSA) is 0 Å². The van der Waals surface area contributed by atoms with E-state index in [1.165, 1.54) is 154 Å². The lowest BCUT2D eigenvalue weighted by molar-refractivity contribution is 1.59. The van der Waals surface area contributed by atoms with Gasteiger partial charge in [0.05, 0.1) is 0 Å². The van der Waals surface area contributed by atoms with Crippen molar-refractivity contribution in [3.05, 3.63) is 243 Å². The molecule has 15 rings (SSSR count). The van der Waals surface area contributed by atoms with Gasteiger partial charge >= 0.3 is 0 Å². The van der Waals surface area contributed by atoms with Crippen molar-refractivity contribution in [2.75, 3.05) is 0 Å². The van der Waals surface area contributed by atoms with Crippen molar-refractivity contribution < 1.29 is 0 Å². The van der Waals surface area contributed by atoms with Crippen LogP contribution in [0.4, 0.5) is 0 Å². The van der Waals surface area contributed by atoms with Crippen LogP contribution in [0.3, 0.4) is 0 Å². The van der Waals surface area contributed by atoms with Gasteiger partial charge in [0.1, 0.15) is 0 Å². The summed E-state index contributed by atoms with van der Waals surface area (Å²) in [7, 11) is 0. The van der Waals surface area contributed by atoms with E-state index in [1.807, 2.05) is 0 Å². The van der Waals surface area contributed by atoms with Crippen LogP contribution in [0.5, 0.6) is 0 Å². The summed E-state index contributed by atoms with van der Waals surface area (Å²) in [6.45, 7) is 0. The highest BCUT2D eigenvalue weighted by atomic mass is 14.4. The molecule has 0 saturated heterocycles. The molecule has 2 aliphatic rings. The van der Waals surface area contributed by atoms with E-state index in [9.17, 15) is 0 Å². The molecule has 0 saturated carbocycles. The first-order valence-corrected chi connectivity index (χ1v) is 23.8. The lowest BCUT2D eigenvalue weighted by Gasteiger charge is -2.20. The third kappa shape index (κ3) is 5.20. The Hall–Kier alpha value is -8.84. The highest BCUT2D eigenvalue weighted by Gasteiger charge is 2.34. The van der Waals surface area contributed by atoms with Crippen LogP contribution in [0.1, 0.15) is 0 Å². The van der Waals surface area contributed by atoms with Crippen LogP contribution in [-0.2, 0) is 0 Å². The molecule has 0 fully saturated rings. The molecule has 13 aromatic carbocycles. The van der Waals surface area contributed by atoms with Crippen molar-refractivity contribution in [2.45, 2.75) is 0 Å². The van der Waals surface area contributed by atoms with Gasteiger partial charge in [0, 0.05) is 0 Å². The van der Waals surface area contributed by atoms with Gasteiger partial charge in [-0.3, -0.25) is 0 Å². The van der Waals surface area contributed by atoms with Crippen molar-refractivity contribution in [1.82, 2.24) is 0 Å². The minimum absolute atomic E-state index is 1.22. The number of fused-ring (bicyclic) bond motifs is 8. The Morgan fingerprint density at radius 2 is 0.441 bits per heavy atom. The summed E-state index contributed by atoms with van der Waals surface area (Å²) >= 11 is 0. The van der Waals surface area contributed by atoms with Gasteiger partial charge in [-0.05, 0) is 160 Å². The van der Waals surface area contributed by atoms with Crippen molar-refractivity contribution in [3.8, 4) is 111 Å². The van der Waals surface area contributed by atoms with E-state index in [2.05, 4.69) is 243 Å². The van der Waals surface area contributed by atoms with E-state index >= 15 is 0 Å². The molecule has 68 heavy (non-hydrogen) atoms. The molecule has 0 spiro atoms. The van der Waals surface area contributed by atoms with Crippen LogP contribution < -0.4 is 0 Å². The molecule has 0 bridgehead atoms. The van der Waals surface area contributed by atoms with Gasteiger partial charge in [-0.1, -0.05) is 237 Å². The van der Waals surface area contributed by atoms with E-state index in [-0.39, 0.29) is 0 Å². The fourth-order valence-electron chi connectivity index (χ4n) is 12.3. The van der Waals surface area contributed by atoms with Gasteiger partial charge < -0.3 is 0 Å². The first-order valence-electron chi connectivity index (χ1n) is 23.8. The Kier molecular flexibility index (Phi) is 7.88. The average Bonchev–Trinajstić information content (AvgIpc) is 3.95. The summed E-state index contributed by atoms with van der Waals surface area (Å²) in [4.78, 5) is 0. The quantitative estimate of drug-likeness (QED) is 0.115. The van der Waals surface area contributed by atoms with Crippen LogP contribution in [0.15, 0.2) is 243 Å². The Balaban J connectivity index is 1.09. The highest BCUT2D eigenvalue weighted by Crippen LogP contribution is 2.61. The predicted molar refractivity (Wildman–Crippen MR) is 289 cm³/mol. The fourth-order valence-corrected chi connectivity index (χ4v) is 12.3. The monoisotopic (exact) mass is 856 g/mol. The summed E-state index contributed by atoms with van der Waals surface area (Å²) < 4.78 is 0. The molecule has 0 heteroatoms. The first kappa shape index (κ1) is 37.4. The molecule has 0 radical (unpaired) electrons.